The van der Waals surface area contributed by atoms with Crippen LogP contribution in [0.15, 0.2) is 59.2 Å². The molecule has 0 spiro atoms. The number of hydrogen-bond donors (Lipinski definition) is 0. The minimum atomic E-state index is -0.247. The van der Waals surface area contributed by atoms with Crippen molar-refractivity contribution >= 4 is 17.5 Å². The SMILES string of the molecule is Cc1nn2c(C)c(C(=O)/C=C/c3ccco3)nnc2c1-c1ccccc1. The fourth-order valence-corrected chi connectivity index (χ4v) is 2.90. The summed E-state index contributed by atoms with van der Waals surface area (Å²) < 4.78 is 6.87. The molecule has 0 saturated heterocycles. The molecular formula is C20H16N4O2. The third-order valence-corrected chi connectivity index (χ3v) is 4.18. The molecule has 0 N–H and O–H groups in total. The van der Waals surface area contributed by atoms with Gasteiger partial charge in [0.25, 0.3) is 0 Å². The molecule has 1 aromatic carbocycles. The largest absolute Gasteiger partial charge is 0.465 e. The van der Waals surface area contributed by atoms with Gasteiger partial charge >= 0.3 is 0 Å². The highest BCUT2D eigenvalue weighted by Crippen LogP contribution is 2.27. The van der Waals surface area contributed by atoms with E-state index in [0.29, 0.717) is 17.1 Å². The molecule has 0 atom stereocenters. The Morgan fingerprint density at radius 1 is 1.08 bits per heavy atom. The van der Waals surface area contributed by atoms with Gasteiger partial charge < -0.3 is 4.42 Å². The molecule has 6 nitrogen and oxygen atoms in total. The molecule has 3 heterocycles. The Balaban J connectivity index is 1.78. The molecule has 6 heteroatoms. The highest BCUT2D eigenvalue weighted by Gasteiger charge is 2.19. The fraction of sp³-hybridized carbons (Fsp3) is 0.100. The molecule has 0 bridgehead atoms. The van der Waals surface area contributed by atoms with Gasteiger partial charge in [0.2, 0.25) is 5.78 Å². The summed E-state index contributed by atoms with van der Waals surface area (Å²) in [5, 5.41) is 13.0. The number of hydrogen-bond acceptors (Lipinski definition) is 5. The van der Waals surface area contributed by atoms with Crippen LogP contribution in [0.25, 0.3) is 22.9 Å². The van der Waals surface area contributed by atoms with Crippen LogP contribution in [-0.2, 0) is 0 Å². The first-order chi connectivity index (χ1) is 12.6. The lowest BCUT2D eigenvalue weighted by Crippen LogP contribution is -2.10. The lowest BCUT2D eigenvalue weighted by molar-refractivity contribution is 0.104. The molecule has 4 rings (SSSR count). The molecule has 0 saturated carbocycles. The maximum absolute atomic E-state index is 12.5. The van der Waals surface area contributed by atoms with E-state index in [1.54, 1.807) is 29.0 Å². The number of aryl methyl sites for hydroxylation is 2. The third-order valence-electron chi connectivity index (χ3n) is 4.18. The molecule has 0 aliphatic rings. The number of carbonyl (C=O) groups is 1. The van der Waals surface area contributed by atoms with Crippen molar-refractivity contribution in [2.45, 2.75) is 13.8 Å². The first kappa shape index (κ1) is 16.0. The Labute approximate surface area is 149 Å². The van der Waals surface area contributed by atoms with Crippen LogP contribution in [0.4, 0.5) is 0 Å². The van der Waals surface area contributed by atoms with E-state index in [1.165, 1.54) is 6.08 Å². The zero-order valence-corrected chi connectivity index (χ0v) is 14.4. The van der Waals surface area contributed by atoms with Gasteiger partial charge in [0.1, 0.15) is 5.76 Å². The number of furan rings is 1. The van der Waals surface area contributed by atoms with E-state index < -0.39 is 0 Å². The minimum Gasteiger partial charge on any atom is -0.465 e. The summed E-state index contributed by atoms with van der Waals surface area (Å²) in [6.45, 7) is 3.74. The zero-order valence-electron chi connectivity index (χ0n) is 14.4. The highest BCUT2D eigenvalue weighted by molar-refractivity contribution is 6.06. The second kappa shape index (κ2) is 6.40. The molecule has 0 unspecified atom stereocenters. The van der Waals surface area contributed by atoms with Crippen LogP contribution < -0.4 is 0 Å². The van der Waals surface area contributed by atoms with Crippen LogP contribution in [0.3, 0.4) is 0 Å². The van der Waals surface area contributed by atoms with Gasteiger partial charge in [0.15, 0.2) is 11.3 Å². The van der Waals surface area contributed by atoms with Gasteiger partial charge in [-0.1, -0.05) is 30.3 Å². The lowest BCUT2D eigenvalue weighted by Gasteiger charge is -2.04. The normalized spacial score (nSPS) is 11.5. The summed E-state index contributed by atoms with van der Waals surface area (Å²) in [6, 6.07) is 13.4. The van der Waals surface area contributed by atoms with E-state index in [4.69, 9.17) is 4.42 Å². The quantitative estimate of drug-likeness (QED) is 0.415. The Morgan fingerprint density at radius 3 is 2.62 bits per heavy atom. The van der Waals surface area contributed by atoms with E-state index in [2.05, 4.69) is 15.3 Å². The number of allylic oxidation sites excluding steroid dienone is 1. The van der Waals surface area contributed by atoms with E-state index in [1.807, 2.05) is 44.2 Å². The van der Waals surface area contributed by atoms with Crippen molar-refractivity contribution in [1.82, 2.24) is 19.8 Å². The van der Waals surface area contributed by atoms with E-state index in [0.717, 1.165) is 16.8 Å². The average Bonchev–Trinajstić information content (AvgIpc) is 3.28. The molecule has 4 aromatic rings. The van der Waals surface area contributed by atoms with Crippen molar-refractivity contribution in [2.75, 3.05) is 0 Å². The molecule has 128 valence electrons. The Kier molecular flexibility index (Phi) is 3.93. The number of ketones is 1. The lowest BCUT2D eigenvalue weighted by atomic mass is 10.1. The van der Waals surface area contributed by atoms with Crippen molar-refractivity contribution in [3.05, 3.63) is 77.6 Å². The third kappa shape index (κ3) is 2.71. The van der Waals surface area contributed by atoms with Gasteiger partial charge in [-0.15, -0.1) is 10.2 Å². The van der Waals surface area contributed by atoms with E-state index in [-0.39, 0.29) is 11.5 Å². The Hall–Kier alpha value is -3.54. The zero-order chi connectivity index (χ0) is 18.1. The van der Waals surface area contributed by atoms with E-state index in [9.17, 15) is 4.79 Å². The number of rotatable bonds is 4. The van der Waals surface area contributed by atoms with Crippen LogP contribution in [-0.4, -0.2) is 25.6 Å². The second-order valence-corrected chi connectivity index (χ2v) is 5.91. The summed E-state index contributed by atoms with van der Waals surface area (Å²) in [6.07, 6.45) is 4.59. The summed E-state index contributed by atoms with van der Waals surface area (Å²) in [5.41, 5.74) is 4.33. The van der Waals surface area contributed by atoms with Crippen LogP contribution >= 0.6 is 0 Å². The van der Waals surface area contributed by atoms with Gasteiger partial charge in [0, 0.05) is 0 Å². The number of fused-ring (bicyclic) bond motifs is 1. The minimum absolute atomic E-state index is 0.247. The number of carbonyl (C=O) groups excluding carboxylic acids is 1. The maximum Gasteiger partial charge on any atom is 0.208 e. The second-order valence-electron chi connectivity index (χ2n) is 5.91. The van der Waals surface area contributed by atoms with Crippen LogP contribution in [0.5, 0.6) is 0 Å². The summed E-state index contributed by atoms with van der Waals surface area (Å²) in [7, 11) is 0. The number of nitrogens with zero attached hydrogens (tertiary/aromatic N) is 4. The molecule has 26 heavy (non-hydrogen) atoms. The van der Waals surface area contributed by atoms with Gasteiger partial charge in [-0.2, -0.15) is 5.10 Å². The first-order valence-corrected chi connectivity index (χ1v) is 8.19. The number of aromatic nitrogens is 4. The maximum atomic E-state index is 12.5. The van der Waals surface area contributed by atoms with Crippen molar-refractivity contribution < 1.29 is 9.21 Å². The summed E-state index contributed by atoms with van der Waals surface area (Å²) in [5.74, 6) is 0.356. The van der Waals surface area contributed by atoms with Crippen molar-refractivity contribution in [3.8, 4) is 11.1 Å². The van der Waals surface area contributed by atoms with Crippen molar-refractivity contribution in [2.24, 2.45) is 0 Å². The van der Waals surface area contributed by atoms with Gasteiger partial charge in [-0.25, -0.2) is 4.52 Å². The predicted octanol–water partition coefficient (Wildman–Crippen LogP) is 3.90. The van der Waals surface area contributed by atoms with Gasteiger partial charge in [-0.05, 0) is 43.7 Å². The smallest absolute Gasteiger partial charge is 0.208 e. The summed E-state index contributed by atoms with van der Waals surface area (Å²) in [4.78, 5) is 12.5. The topological polar surface area (TPSA) is 73.3 Å². The van der Waals surface area contributed by atoms with E-state index >= 15 is 0 Å². The predicted molar refractivity (Wildman–Crippen MR) is 97.8 cm³/mol. The van der Waals surface area contributed by atoms with Crippen molar-refractivity contribution in [3.63, 3.8) is 0 Å². The van der Waals surface area contributed by atoms with Crippen LogP contribution in [0.2, 0.25) is 0 Å². The van der Waals surface area contributed by atoms with Gasteiger partial charge in [0.05, 0.1) is 23.2 Å². The Bertz CT molecular complexity index is 1110. The highest BCUT2D eigenvalue weighted by atomic mass is 16.3. The monoisotopic (exact) mass is 344 g/mol. The summed E-state index contributed by atoms with van der Waals surface area (Å²) >= 11 is 0. The molecule has 3 aromatic heterocycles. The van der Waals surface area contributed by atoms with Crippen LogP contribution in [0, 0.1) is 13.8 Å². The average molecular weight is 344 g/mol. The molecule has 0 radical (unpaired) electrons. The first-order valence-electron chi connectivity index (χ1n) is 8.19. The fourth-order valence-electron chi connectivity index (χ4n) is 2.90. The number of benzene rings is 1. The molecular weight excluding hydrogens is 328 g/mol. The van der Waals surface area contributed by atoms with Crippen molar-refractivity contribution in [1.29, 1.82) is 0 Å². The van der Waals surface area contributed by atoms with Crippen LogP contribution in [0.1, 0.15) is 27.6 Å². The molecule has 0 aliphatic carbocycles. The molecule has 0 aliphatic heterocycles. The standard InChI is InChI=1S/C20H16N4O2/c1-13-18(15-7-4-3-5-8-15)20-22-21-19(14(2)24(20)23-13)17(25)11-10-16-9-6-12-26-16/h3-12H,1-2H3/b11-10+. The Morgan fingerprint density at radius 2 is 1.88 bits per heavy atom. The van der Waals surface area contributed by atoms with Gasteiger partial charge in [-0.3, -0.25) is 4.79 Å². The molecule has 0 amide bonds. The molecule has 0 fully saturated rings.